The molecule has 0 radical (unpaired) electrons. The highest BCUT2D eigenvalue weighted by Crippen LogP contribution is 2.41. The molecule has 1 heterocycles. The Morgan fingerprint density at radius 2 is 1.83 bits per heavy atom. The largest absolute Gasteiger partial charge is 0.316 e. The van der Waals surface area contributed by atoms with Crippen LogP contribution >= 0.6 is 0 Å². The first-order valence-corrected chi connectivity index (χ1v) is 5.49. The fourth-order valence-corrected chi connectivity index (χ4v) is 2.80. The van der Waals surface area contributed by atoms with E-state index < -0.39 is 0 Å². The van der Waals surface area contributed by atoms with Gasteiger partial charge in [-0.3, -0.25) is 0 Å². The zero-order valence-corrected chi connectivity index (χ0v) is 8.23. The van der Waals surface area contributed by atoms with E-state index in [-0.39, 0.29) is 0 Å². The average Bonchev–Trinajstić information content (AvgIpc) is 1.99. The van der Waals surface area contributed by atoms with Crippen molar-refractivity contribution in [3.05, 3.63) is 0 Å². The van der Waals surface area contributed by atoms with E-state index in [1.807, 2.05) is 0 Å². The van der Waals surface area contributed by atoms with Crippen molar-refractivity contribution in [1.82, 2.24) is 5.32 Å². The Labute approximate surface area is 75.9 Å². The minimum absolute atomic E-state index is 0.713. The Balaban J connectivity index is 1.81. The van der Waals surface area contributed by atoms with Gasteiger partial charge in [0.05, 0.1) is 0 Å². The quantitative estimate of drug-likeness (QED) is 0.666. The molecular weight excluding hydrogens is 146 g/mol. The Morgan fingerprint density at radius 3 is 2.33 bits per heavy atom. The van der Waals surface area contributed by atoms with Gasteiger partial charge in [-0.25, -0.2) is 0 Å². The van der Waals surface area contributed by atoms with E-state index in [2.05, 4.69) is 12.2 Å². The summed E-state index contributed by atoms with van der Waals surface area (Å²) in [6.45, 7) is 5.08. The molecule has 0 aromatic carbocycles. The van der Waals surface area contributed by atoms with Crippen LogP contribution in [0.15, 0.2) is 0 Å². The van der Waals surface area contributed by atoms with Crippen molar-refractivity contribution in [1.29, 1.82) is 0 Å². The molecule has 0 amide bonds. The van der Waals surface area contributed by atoms with E-state index in [0.717, 1.165) is 5.92 Å². The Hall–Kier alpha value is -0.0400. The summed E-state index contributed by atoms with van der Waals surface area (Å²) in [6.07, 6.45) is 8.92. The molecule has 0 unspecified atom stereocenters. The number of nitrogens with one attached hydrogen (secondary N) is 1. The maximum absolute atomic E-state index is 3.37. The van der Waals surface area contributed by atoms with Crippen molar-refractivity contribution in [3.63, 3.8) is 0 Å². The molecule has 2 rings (SSSR count). The van der Waals surface area contributed by atoms with E-state index in [1.165, 1.54) is 51.6 Å². The summed E-state index contributed by atoms with van der Waals surface area (Å²) in [5, 5.41) is 3.37. The second-order valence-corrected chi connectivity index (χ2v) is 5.10. The van der Waals surface area contributed by atoms with Gasteiger partial charge in [0, 0.05) is 0 Å². The standard InChI is InChI=1S/C11H21N/c1-11(5-3-2-4-6-11)7-10-8-12-9-10/h10,12H,2-9H2,1H3. The third kappa shape index (κ3) is 1.82. The van der Waals surface area contributed by atoms with Crippen LogP contribution < -0.4 is 5.32 Å². The first-order valence-electron chi connectivity index (χ1n) is 5.49. The van der Waals surface area contributed by atoms with Crippen LogP contribution in [-0.4, -0.2) is 13.1 Å². The van der Waals surface area contributed by atoms with Crippen molar-refractivity contribution < 1.29 is 0 Å². The maximum atomic E-state index is 3.37. The lowest BCUT2D eigenvalue weighted by molar-refractivity contribution is 0.140. The first-order chi connectivity index (χ1) is 5.79. The predicted molar refractivity (Wildman–Crippen MR) is 52.2 cm³/mol. The van der Waals surface area contributed by atoms with Crippen LogP contribution in [0.1, 0.15) is 45.4 Å². The van der Waals surface area contributed by atoms with Crippen molar-refractivity contribution >= 4 is 0 Å². The van der Waals surface area contributed by atoms with Crippen LogP contribution in [0, 0.1) is 11.3 Å². The van der Waals surface area contributed by atoms with E-state index in [0.29, 0.717) is 5.41 Å². The first kappa shape index (κ1) is 8.55. The SMILES string of the molecule is CC1(CC2CNC2)CCCCC1. The van der Waals surface area contributed by atoms with E-state index >= 15 is 0 Å². The lowest BCUT2D eigenvalue weighted by atomic mass is 9.69. The molecule has 1 aliphatic carbocycles. The molecular formula is C11H21N. The molecule has 1 N–H and O–H groups in total. The molecule has 2 fully saturated rings. The molecule has 1 aliphatic heterocycles. The van der Waals surface area contributed by atoms with Crippen molar-refractivity contribution in [2.45, 2.75) is 45.4 Å². The van der Waals surface area contributed by atoms with Crippen LogP contribution in [-0.2, 0) is 0 Å². The van der Waals surface area contributed by atoms with Crippen LogP contribution in [0.4, 0.5) is 0 Å². The summed E-state index contributed by atoms with van der Waals surface area (Å²) in [6, 6.07) is 0. The van der Waals surface area contributed by atoms with Gasteiger partial charge in [0.1, 0.15) is 0 Å². The number of hydrogen-bond donors (Lipinski definition) is 1. The molecule has 1 saturated carbocycles. The fourth-order valence-electron chi connectivity index (χ4n) is 2.80. The molecule has 70 valence electrons. The Morgan fingerprint density at radius 1 is 1.17 bits per heavy atom. The van der Waals surface area contributed by atoms with Crippen molar-refractivity contribution in [2.75, 3.05) is 13.1 Å². The van der Waals surface area contributed by atoms with Gasteiger partial charge in [-0.05, 0) is 43.7 Å². The van der Waals surface area contributed by atoms with Gasteiger partial charge in [-0.15, -0.1) is 0 Å². The molecule has 0 spiro atoms. The number of hydrogen-bond acceptors (Lipinski definition) is 1. The van der Waals surface area contributed by atoms with Crippen LogP contribution in [0.25, 0.3) is 0 Å². The molecule has 1 saturated heterocycles. The summed E-state index contributed by atoms with van der Waals surface area (Å²) in [4.78, 5) is 0. The van der Waals surface area contributed by atoms with Crippen molar-refractivity contribution in [3.8, 4) is 0 Å². The van der Waals surface area contributed by atoms with Gasteiger partial charge < -0.3 is 5.32 Å². The van der Waals surface area contributed by atoms with E-state index in [9.17, 15) is 0 Å². The third-order valence-electron chi connectivity index (χ3n) is 3.71. The lowest BCUT2D eigenvalue weighted by Crippen LogP contribution is -2.44. The highest BCUT2D eigenvalue weighted by Gasteiger charge is 2.31. The molecule has 0 aromatic heterocycles. The lowest BCUT2D eigenvalue weighted by Gasteiger charge is -2.40. The highest BCUT2D eigenvalue weighted by atomic mass is 14.9. The molecule has 0 aromatic rings. The normalized spacial score (nSPS) is 29.8. The summed E-state index contributed by atoms with van der Waals surface area (Å²) in [5.74, 6) is 1.01. The minimum Gasteiger partial charge on any atom is -0.316 e. The summed E-state index contributed by atoms with van der Waals surface area (Å²) >= 11 is 0. The predicted octanol–water partition coefficient (Wildman–Crippen LogP) is 2.57. The van der Waals surface area contributed by atoms with Gasteiger partial charge in [0.15, 0.2) is 0 Å². The summed E-state index contributed by atoms with van der Waals surface area (Å²) in [7, 11) is 0. The molecule has 0 atom stereocenters. The van der Waals surface area contributed by atoms with E-state index in [1.54, 1.807) is 0 Å². The van der Waals surface area contributed by atoms with E-state index in [4.69, 9.17) is 0 Å². The minimum atomic E-state index is 0.713. The monoisotopic (exact) mass is 167 g/mol. The maximum Gasteiger partial charge on any atom is -0.000805 e. The zero-order valence-electron chi connectivity index (χ0n) is 8.23. The zero-order chi connectivity index (χ0) is 8.44. The summed E-state index contributed by atoms with van der Waals surface area (Å²) in [5.41, 5.74) is 0.713. The molecule has 12 heavy (non-hydrogen) atoms. The Bertz CT molecular complexity index is 143. The van der Waals surface area contributed by atoms with Crippen molar-refractivity contribution in [2.24, 2.45) is 11.3 Å². The van der Waals surface area contributed by atoms with Crippen LogP contribution in [0.3, 0.4) is 0 Å². The van der Waals surface area contributed by atoms with Crippen LogP contribution in [0.2, 0.25) is 0 Å². The third-order valence-corrected chi connectivity index (χ3v) is 3.71. The van der Waals surface area contributed by atoms with Gasteiger partial charge in [0.2, 0.25) is 0 Å². The topological polar surface area (TPSA) is 12.0 Å². The molecule has 1 nitrogen and oxygen atoms in total. The number of rotatable bonds is 2. The second-order valence-electron chi connectivity index (χ2n) is 5.10. The van der Waals surface area contributed by atoms with Gasteiger partial charge >= 0.3 is 0 Å². The molecule has 2 aliphatic rings. The smallest absolute Gasteiger partial charge is 0.000805 e. The average molecular weight is 167 g/mol. The Kier molecular flexibility index (Phi) is 2.40. The molecule has 0 bridgehead atoms. The fraction of sp³-hybridized carbons (Fsp3) is 1.00. The summed E-state index contributed by atoms with van der Waals surface area (Å²) < 4.78 is 0. The van der Waals surface area contributed by atoms with Gasteiger partial charge in [0.25, 0.3) is 0 Å². The second kappa shape index (κ2) is 3.37. The molecule has 1 heteroatoms. The van der Waals surface area contributed by atoms with Crippen LogP contribution in [0.5, 0.6) is 0 Å². The van der Waals surface area contributed by atoms with Gasteiger partial charge in [-0.1, -0.05) is 26.2 Å². The highest BCUT2D eigenvalue weighted by molar-refractivity contribution is 4.85. The van der Waals surface area contributed by atoms with Gasteiger partial charge in [-0.2, -0.15) is 0 Å².